The van der Waals surface area contributed by atoms with Gasteiger partial charge >= 0.3 is 6.18 Å². The number of pyridine rings is 1. The van der Waals surface area contributed by atoms with Gasteiger partial charge < -0.3 is 14.8 Å². The van der Waals surface area contributed by atoms with Crippen LogP contribution in [0.3, 0.4) is 0 Å². The Labute approximate surface area is 122 Å². The predicted octanol–water partition coefficient (Wildman–Crippen LogP) is 2.34. The fraction of sp³-hybridized carbons (Fsp3) is 0.143. The first-order valence-corrected chi connectivity index (χ1v) is 5.96. The Morgan fingerprint density at radius 2 is 1.95 bits per heavy atom. The molecule has 22 heavy (non-hydrogen) atoms. The topological polar surface area (TPSA) is 79.4 Å². The zero-order valence-corrected chi connectivity index (χ0v) is 11.2. The Kier molecular flexibility index (Phi) is 3.94. The maximum atomic E-state index is 12.9. The van der Waals surface area contributed by atoms with Crippen molar-refractivity contribution >= 4 is 5.78 Å². The third-order valence-corrected chi connectivity index (χ3v) is 2.91. The van der Waals surface area contributed by atoms with Crippen LogP contribution in [0.5, 0.6) is 11.5 Å². The van der Waals surface area contributed by atoms with Gasteiger partial charge in [0.05, 0.1) is 12.7 Å². The molecule has 0 saturated heterocycles. The Balaban J connectivity index is 2.62. The lowest BCUT2D eigenvalue weighted by molar-refractivity contribution is -0.141. The van der Waals surface area contributed by atoms with Gasteiger partial charge in [-0.2, -0.15) is 13.2 Å². The molecule has 1 aromatic carbocycles. The summed E-state index contributed by atoms with van der Waals surface area (Å²) in [5.74, 6) is -1.49. The number of rotatable bonds is 3. The lowest BCUT2D eigenvalue weighted by Gasteiger charge is -2.11. The highest BCUT2D eigenvalue weighted by molar-refractivity contribution is 6.10. The molecule has 0 aliphatic rings. The van der Waals surface area contributed by atoms with Crippen LogP contribution in [0.2, 0.25) is 0 Å². The molecular weight excluding hydrogens is 303 g/mol. The van der Waals surface area contributed by atoms with Gasteiger partial charge in [0.1, 0.15) is 5.69 Å². The van der Waals surface area contributed by atoms with E-state index in [1.54, 1.807) is 0 Å². The van der Waals surface area contributed by atoms with Crippen LogP contribution in [0.4, 0.5) is 13.2 Å². The molecule has 2 N–H and O–H groups in total. The number of methoxy groups -OCH3 is 1. The second kappa shape index (κ2) is 5.55. The lowest BCUT2D eigenvalue weighted by atomic mass is 10.0. The number of hydrogen-bond acceptors (Lipinski definition) is 4. The van der Waals surface area contributed by atoms with Gasteiger partial charge in [0.15, 0.2) is 22.7 Å². The molecule has 0 spiro atoms. The molecule has 0 aliphatic heterocycles. The van der Waals surface area contributed by atoms with E-state index in [2.05, 4.69) is 0 Å². The van der Waals surface area contributed by atoms with E-state index in [0.717, 1.165) is 30.5 Å². The minimum Gasteiger partial charge on any atom is -0.504 e. The van der Waals surface area contributed by atoms with Gasteiger partial charge in [0, 0.05) is 17.8 Å². The van der Waals surface area contributed by atoms with E-state index in [1.807, 2.05) is 4.98 Å². The van der Waals surface area contributed by atoms with Crippen molar-refractivity contribution in [2.75, 3.05) is 7.11 Å². The minimum atomic E-state index is -4.88. The second-order valence-corrected chi connectivity index (χ2v) is 4.31. The van der Waals surface area contributed by atoms with Gasteiger partial charge in [-0.3, -0.25) is 9.59 Å². The fourth-order valence-corrected chi connectivity index (χ4v) is 1.89. The highest BCUT2D eigenvalue weighted by Crippen LogP contribution is 2.31. The van der Waals surface area contributed by atoms with E-state index in [4.69, 9.17) is 4.74 Å². The molecule has 2 aromatic rings. The quantitative estimate of drug-likeness (QED) is 0.853. The lowest BCUT2D eigenvalue weighted by Crippen LogP contribution is -2.24. The maximum Gasteiger partial charge on any atom is 0.432 e. The van der Waals surface area contributed by atoms with Crippen LogP contribution in [0.15, 0.2) is 35.3 Å². The molecule has 5 nitrogen and oxygen atoms in total. The predicted molar refractivity (Wildman–Crippen MR) is 70.2 cm³/mol. The van der Waals surface area contributed by atoms with Gasteiger partial charge in [-0.05, 0) is 18.2 Å². The molecule has 0 radical (unpaired) electrons. The summed E-state index contributed by atoms with van der Waals surface area (Å²) in [4.78, 5) is 25.8. The van der Waals surface area contributed by atoms with Crippen molar-refractivity contribution in [3.8, 4) is 11.5 Å². The molecule has 8 heteroatoms. The Hall–Kier alpha value is -2.77. The number of aromatic nitrogens is 1. The number of aromatic amines is 1. The highest BCUT2D eigenvalue weighted by atomic mass is 19.4. The van der Waals surface area contributed by atoms with Crippen molar-refractivity contribution in [2.24, 2.45) is 0 Å². The Morgan fingerprint density at radius 3 is 2.55 bits per heavy atom. The summed E-state index contributed by atoms with van der Waals surface area (Å²) in [6.45, 7) is 0. The van der Waals surface area contributed by atoms with E-state index < -0.39 is 28.6 Å². The van der Waals surface area contributed by atoms with Crippen LogP contribution in [0, 0.1) is 0 Å². The maximum absolute atomic E-state index is 12.9. The van der Waals surface area contributed by atoms with Crippen LogP contribution in [0.1, 0.15) is 21.6 Å². The van der Waals surface area contributed by atoms with Crippen molar-refractivity contribution in [1.82, 2.24) is 4.98 Å². The van der Waals surface area contributed by atoms with Gasteiger partial charge in [0.2, 0.25) is 0 Å². The molecule has 0 unspecified atom stereocenters. The molecule has 0 aliphatic carbocycles. The van der Waals surface area contributed by atoms with Crippen LogP contribution in [0.25, 0.3) is 0 Å². The first kappa shape index (κ1) is 15.6. The average molecular weight is 313 g/mol. The third-order valence-electron chi connectivity index (χ3n) is 2.91. The van der Waals surface area contributed by atoms with E-state index in [0.29, 0.717) is 0 Å². The van der Waals surface area contributed by atoms with Crippen molar-refractivity contribution < 1.29 is 27.8 Å². The number of halogens is 3. The number of phenolic OH excluding ortho intramolecular Hbond substituents is 1. The molecular formula is C14H10F3NO4. The number of alkyl halides is 3. The van der Waals surface area contributed by atoms with Crippen LogP contribution < -0.4 is 10.2 Å². The normalized spacial score (nSPS) is 11.3. The molecule has 0 amide bonds. The van der Waals surface area contributed by atoms with Crippen molar-refractivity contribution in [2.45, 2.75) is 6.18 Å². The molecule has 1 heterocycles. The number of ketones is 1. The van der Waals surface area contributed by atoms with Crippen molar-refractivity contribution in [3.63, 3.8) is 0 Å². The summed E-state index contributed by atoms with van der Waals surface area (Å²) in [5, 5.41) is 9.44. The first-order chi connectivity index (χ1) is 10.3. The summed E-state index contributed by atoms with van der Waals surface area (Å²) >= 11 is 0. The molecule has 1 aromatic heterocycles. The number of ether oxygens (including phenoxy) is 1. The molecule has 116 valence electrons. The number of carbonyl (C=O) groups excluding carboxylic acids is 1. The van der Waals surface area contributed by atoms with Gasteiger partial charge in [-0.15, -0.1) is 0 Å². The summed E-state index contributed by atoms with van der Waals surface area (Å²) in [5.41, 5.74) is -3.69. The molecule has 0 bridgehead atoms. The molecule has 0 atom stereocenters. The minimum absolute atomic E-state index is 0.0910. The summed E-state index contributed by atoms with van der Waals surface area (Å²) in [7, 11) is 1.22. The molecule has 0 saturated carbocycles. The van der Waals surface area contributed by atoms with E-state index >= 15 is 0 Å². The largest absolute Gasteiger partial charge is 0.504 e. The molecule has 2 rings (SSSR count). The van der Waals surface area contributed by atoms with Crippen LogP contribution >= 0.6 is 0 Å². The van der Waals surface area contributed by atoms with E-state index in [9.17, 15) is 27.9 Å². The number of hydrogen-bond donors (Lipinski definition) is 2. The number of nitrogens with one attached hydrogen (secondary N) is 1. The van der Waals surface area contributed by atoms with Gasteiger partial charge in [0.25, 0.3) is 0 Å². The smallest absolute Gasteiger partial charge is 0.432 e. The average Bonchev–Trinajstić information content (AvgIpc) is 2.46. The second-order valence-electron chi connectivity index (χ2n) is 4.31. The molecule has 0 fully saturated rings. The Morgan fingerprint density at radius 1 is 1.27 bits per heavy atom. The standard InChI is InChI=1S/C14H10F3NO4/c1-22-10-6-7(2-3-8(10)19)12(21)11-9(20)4-5-18-13(11)14(15,16)17/h2-6,19H,1H3,(H,18,20). The summed E-state index contributed by atoms with van der Waals surface area (Å²) < 4.78 is 43.6. The zero-order chi connectivity index (χ0) is 16.5. The summed E-state index contributed by atoms with van der Waals surface area (Å²) in [6.07, 6.45) is -4.06. The number of phenols is 1. The van der Waals surface area contributed by atoms with Crippen molar-refractivity contribution in [1.29, 1.82) is 0 Å². The first-order valence-electron chi connectivity index (χ1n) is 5.96. The van der Waals surface area contributed by atoms with E-state index in [1.165, 1.54) is 7.11 Å². The number of benzene rings is 1. The SMILES string of the molecule is COc1cc(C(=O)c2c(C(F)(F)F)[nH]ccc2=O)ccc1O. The highest BCUT2D eigenvalue weighted by Gasteiger charge is 2.37. The van der Waals surface area contributed by atoms with E-state index in [-0.39, 0.29) is 17.1 Å². The fourth-order valence-electron chi connectivity index (χ4n) is 1.89. The third kappa shape index (κ3) is 2.80. The van der Waals surface area contributed by atoms with Crippen LogP contribution in [-0.2, 0) is 6.18 Å². The monoisotopic (exact) mass is 313 g/mol. The number of H-pyrrole nitrogens is 1. The van der Waals surface area contributed by atoms with Gasteiger partial charge in [-0.1, -0.05) is 0 Å². The van der Waals surface area contributed by atoms with Crippen LogP contribution in [-0.4, -0.2) is 23.0 Å². The van der Waals surface area contributed by atoms with Crippen molar-refractivity contribution in [3.05, 3.63) is 57.5 Å². The zero-order valence-electron chi connectivity index (χ0n) is 11.2. The number of aromatic hydroxyl groups is 1. The summed E-state index contributed by atoms with van der Waals surface area (Å²) in [6, 6.07) is 4.09. The Bertz CT molecular complexity index is 780. The van der Waals surface area contributed by atoms with Gasteiger partial charge in [-0.25, -0.2) is 0 Å². The number of carbonyl (C=O) groups is 1.